The molecule has 164 valence electrons. The molecule has 0 spiro atoms. The summed E-state index contributed by atoms with van der Waals surface area (Å²) in [6.45, 7) is 1.53. The fourth-order valence-corrected chi connectivity index (χ4v) is 4.28. The van der Waals surface area contributed by atoms with Gasteiger partial charge in [0.2, 0.25) is 0 Å². The summed E-state index contributed by atoms with van der Waals surface area (Å²) in [5.74, 6) is -1.86. The van der Waals surface area contributed by atoms with E-state index >= 15 is 0 Å². The van der Waals surface area contributed by atoms with Gasteiger partial charge in [-0.1, -0.05) is 6.92 Å². The first-order chi connectivity index (χ1) is 15.2. The van der Waals surface area contributed by atoms with Crippen LogP contribution in [0.4, 0.5) is 8.78 Å². The van der Waals surface area contributed by atoms with Gasteiger partial charge in [-0.25, -0.2) is 17.2 Å². The highest BCUT2D eigenvalue weighted by Gasteiger charge is 2.20. The quantitative estimate of drug-likeness (QED) is 0.443. The molecule has 32 heavy (non-hydrogen) atoms. The maximum absolute atomic E-state index is 14.2. The molecule has 0 fully saturated rings. The minimum absolute atomic E-state index is 0.0537. The molecule has 0 bridgehead atoms. The lowest BCUT2D eigenvalue weighted by atomic mass is 10.0. The van der Waals surface area contributed by atoms with Crippen molar-refractivity contribution in [2.24, 2.45) is 7.05 Å². The first-order valence-corrected chi connectivity index (χ1v) is 11.3. The highest BCUT2D eigenvalue weighted by Crippen LogP contribution is 2.38. The summed E-state index contributed by atoms with van der Waals surface area (Å²) < 4.78 is 59.7. The summed E-state index contributed by atoms with van der Waals surface area (Å²) in [7, 11) is -2.00. The summed E-state index contributed by atoms with van der Waals surface area (Å²) in [5, 5.41) is 0.855. The third-order valence-corrected chi connectivity index (χ3v) is 6.81. The topological polar surface area (TPSA) is 78.3 Å². The van der Waals surface area contributed by atoms with Crippen molar-refractivity contribution in [1.82, 2.24) is 9.55 Å². The lowest BCUT2D eigenvalue weighted by Gasteiger charge is -2.16. The highest BCUT2D eigenvalue weighted by atomic mass is 32.2. The molecule has 9 heteroatoms. The van der Waals surface area contributed by atoms with Crippen LogP contribution in [0, 0.1) is 11.6 Å². The van der Waals surface area contributed by atoms with Crippen LogP contribution in [-0.4, -0.2) is 23.7 Å². The Balaban J connectivity index is 2.01. The Bertz CT molecular complexity index is 1510. The van der Waals surface area contributed by atoms with E-state index in [1.165, 1.54) is 42.1 Å². The molecule has 0 saturated carbocycles. The maximum atomic E-state index is 14.2. The molecule has 0 unspecified atom stereocenters. The van der Waals surface area contributed by atoms with Crippen molar-refractivity contribution < 1.29 is 21.9 Å². The van der Waals surface area contributed by atoms with Crippen LogP contribution < -0.4 is 10.3 Å². The van der Waals surface area contributed by atoms with E-state index in [-0.39, 0.29) is 27.7 Å². The minimum atomic E-state index is -3.56. The van der Waals surface area contributed by atoms with E-state index < -0.39 is 21.5 Å². The molecule has 4 aromatic rings. The fourth-order valence-electron chi connectivity index (χ4n) is 3.37. The van der Waals surface area contributed by atoms with Gasteiger partial charge in [0.1, 0.15) is 11.6 Å². The number of benzene rings is 2. The van der Waals surface area contributed by atoms with Crippen LogP contribution in [-0.2, 0) is 16.9 Å². The monoisotopic (exact) mass is 456 g/mol. The van der Waals surface area contributed by atoms with E-state index in [2.05, 4.69) is 4.98 Å². The molecule has 0 radical (unpaired) electrons. The summed E-state index contributed by atoms with van der Waals surface area (Å²) >= 11 is 0. The van der Waals surface area contributed by atoms with Crippen molar-refractivity contribution >= 4 is 20.6 Å². The molecule has 0 aliphatic carbocycles. The summed E-state index contributed by atoms with van der Waals surface area (Å²) in [5.41, 5.74) is 0.548. The summed E-state index contributed by atoms with van der Waals surface area (Å²) in [4.78, 5) is 16.6. The summed E-state index contributed by atoms with van der Waals surface area (Å²) in [6, 6.07) is 8.74. The average Bonchev–Trinajstić information content (AvgIpc) is 2.78. The van der Waals surface area contributed by atoms with Gasteiger partial charge in [0.25, 0.3) is 5.56 Å². The standard InChI is InChI=1S/C23H18F2N2O4S/c1-3-32(29,30)15-5-7-21(31-22-6-4-14(24)10-20(22)25)17(11-15)19-13-27(2)23(28)18-12-26-9-8-16(18)19/h4-13H,3H2,1-2H3. The van der Waals surface area contributed by atoms with Gasteiger partial charge >= 0.3 is 0 Å². The number of rotatable bonds is 5. The third kappa shape index (κ3) is 3.87. The van der Waals surface area contributed by atoms with E-state index in [9.17, 15) is 22.0 Å². The predicted molar refractivity (Wildman–Crippen MR) is 117 cm³/mol. The number of aryl methyl sites for hydroxylation is 1. The number of aromatic nitrogens is 2. The molecule has 6 nitrogen and oxygen atoms in total. The SMILES string of the molecule is CCS(=O)(=O)c1ccc(Oc2ccc(F)cc2F)c(-c2cn(C)c(=O)c3cnccc23)c1. The molecular formula is C23H18F2N2O4S. The number of hydrogen-bond acceptors (Lipinski definition) is 5. The van der Waals surface area contributed by atoms with Gasteiger partial charge in [-0.15, -0.1) is 0 Å². The van der Waals surface area contributed by atoms with Crippen molar-refractivity contribution in [3.05, 3.63) is 83.0 Å². The first kappa shape index (κ1) is 21.6. The molecule has 0 saturated heterocycles. The molecular weight excluding hydrogens is 438 g/mol. The number of hydrogen-bond donors (Lipinski definition) is 0. The van der Waals surface area contributed by atoms with Gasteiger partial charge in [0.15, 0.2) is 21.4 Å². The Morgan fingerprint density at radius 1 is 1.00 bits per heavy atom. The number of pyridine rings is 2. The largest absolute Gasteiger partial charge is 0.454 e. The second kappa shape index (κ2) is 8.16. The molecule has 0 N–H and O–H groups in total. The van der Waals surface area contributed by atoms with Gasteiger partial charge in [0.05, 0.1) is 16.0 Å². The maximum Gasteiger partial charge on any atom is 0.259 e. The Labute approximate surface area is 182 Å². The first-order valence-electron chi connectivity index (χ1n) is 9.64. The number of fused-ring (bicyclic) bond motifs is 1. The van der Waals surface area contributed by atoms with Crippen LogP contribution in [0.25, 0.3) is 21.9 Å². The van der Waals surface area contributed by atoms with Crippen LogP contribution in [0.15, 0.2) is 70.7 Å². The van der Waals surface area contributed by atoms with Crippen molar-refractivity contribution in [2.45, 2.75) is 11.8 Å². The van der Waals surface area contributed by atoms with E-state index in [0.29, 0.717) is 28.0 Å². The Hall–Kier alpha value is -3.59. The Kier molecular flexibility index (Phi) is 5.52. The Morgan fingerprint density at radius 2 is 1.75 bits per heavy atom. The lowest BCUT2D eigenvalue weighted by Crippen LogP contribution is -2.16. The number of halogens is 2. The van der Waals surface area contributed by atoms with E-state index in [1.807, 2.05) is 0 Å². The molecule has 2 aromatic carbocycles. The zero-order chi connectivity index (χ0) is 23.0. The molecule has 0 aliphatic rings. The zero-order valence-electron chi connectivity index (χ0n) is 17.2. The van der Waals surface area contributed by atoms with Gasteiger partial charge in [-0.3, -0.25) is 9.78 Å². The van der Waals surface area contributed by atoms with E-state index in [4.69, 9.17) is 4.74 Å². The van der Waals surface area contributed by atoms with Gasteiger partial charge in [-0.2, -0.15) is 0 Å². The molecule has 4 rings (SSSR count). The molecule has 0 atom stereocenters. The van der Waals surface area contributed by atoms with Gasteiger partial charge in [-0.05, 0) is 41.8 Å². The molecule has 0 amide bonds. The van der Waals surface area contributed by atoms with Crippen LogP contribution >= 0.6 is 0 Å². The van der Waals surface area contributed by atoms with Crippen LogP contribution in [0.3, 0.4) is 0 Å². The second-order valence-electron chi connectivity index (χ2n) is 7.12. The van der Waals surface area contributed by atoms with E-state index in [0.717, 1.165) is 12.1 Å². The fraction of sp³-hybridized carbons (Fsp3) is 0.130. The van der Waals surface area contributed by atoms with E-state index in [1.54, 1.807) is 19.3 Å². The molecule has 2 heterocycles. The normalized spacial score (nSPS) is 11.6. The second-order valence-corrected chi connectivity index (χ2v) is 9.40. The van der Waals surface area contributed by atoms with Crippen LogP contribution in [0.1, 0.15) is 6.92 Å². The average molecular weight is 456 g/mol. The minimum Gasteiger partial charge on any atom is -0.454 e. The van der Waals surface area contributed by atoms with Gasteiger partial charge in [0, 0.05) is 42.8 Å². The lowest BCUT2D eigenvalue weighted by molar-refractivity contribution is 0.438. The highest BCUT2D eigenvalue weighted by molar-refractivity contribution is 7.91. The van der Waals surface area contributed by atoms with Crippen LogP contribution in [0.2, 0.25) is 0 Å². The van der Waals surface area contributed by atoms with Crippen molar-refractivity contribution in [3.63, 3.8) is 0 Å². The smallest absolute Gasteiger partial charge is 0.259 e. The van der Waals surface area contributed by atoms with Crippen molar-refractivity contribution in [1.29, 1.82) is 0 Å². The summed E-state index contributed by atoms with van der Waals surface area (Å²) in [6.07, 6.45) is 4.49. The van der Waals surface area contributed by atoms with Crippen molar-refractivity contribution in [2.75, 3.05) is 5.75 Å². The molecule has 0 aliphatic heterocycles. The number of sulfone groups is 1. The Morgan fingerprint density at radius 3 is 2.47 bits per heavy atom. The van der Waals surface area contributed by atoms with Gasteiger partial charge < -0.3 is 9.30 Å². The van der Waals surface area contributed by atoms with Crippen LogP contribution in [0.5, 0.6) is 11.5 Å². The van der Waals surface area contributed by atoms with Crippen molar-refractivity contribution in [3.8, 4) is 22.6 Å². The number of ether oxygens (including phenoxy) is 1. The predicted octanol–water partition coefficient (Wildman–Crippen LogP) is 4.46. The third-order valence-electron chi connectivity index (χ3n) is 5.08. The number of nitrogens with zero attached hydrogens (tertiary/aromatic N) is 2. The zero-order valence-corrected chi connectivity index (χ0v) is 18.0. The molecule has 2 aromatic heterocycles.